The lowest BCUT2D eigenvalue weighted by molar-refractivity contribution is -0.162. The first-order valence-corrected chi connectivity index (χ1v) is 18.1. The Bertz CT molecular complexity index is 1370. The maximum Gasteiger partial charge on any atom is 0.323 e. The second-order valence-electron chi connectivity index (χ2n) is 12.8. The lowest BCUT2D eigenvalue weighted by Gasteiger charge is -2.39. The van der Waals surface area contributed by atoms with E-state index in [-0.39, 0.29) is 43.2 Å². The number of nitrogens with zero attached hydrogens (tertiary/aromatic N) is 1. The van der Waals surface area contributed by atoms with Gasteiger partial charge in [-0.25, -0.2) is 5.09 Å². The van der Waals surface area contributed by atoms with E-state index in [9.17, 15) is 19.2 Å². The van der Waals surface area contributed by atoms with Crippen molar-refractivity contribution in [3.05, 3.63) is 54.8 Å². The highest BCUT2D eigenvalue weighted by Crippen LogP contribution is 2.50. The van der Waals surface area contributed by atoms with Gasteiger partial charge in [0.1, 0.15) is 36.0 Å². The number of carbonyl (C=O) groups is 4. The number of benzene rings is 1. The third kappa shape index (κ3) is 9.58. The molecule has 6 atom stereocenters. The van der Waals surface area contributed by atoms with Crippen LogP contribution in [0, 0.1) is 17.3 Å². The van der Waals surface area contributed by atoms with Crippen LogP contribution in [0.5, 0.6) is 5.75 Å². The first-order valence-electron chi connectivity index (χ1n) is 15.5. The predicted octanol–water partition coefficient (Wildman–Crippen LogP) is 5.45. The van der Waals surface area contributed by atoms with Gasteiger partial charge in [0.15, 0.2) is 0 Å². The summed E-state index contributed by atoms with van der Waals surface area (Å²) in [6.45, 7) is 14.0. The molecule has 1 amide bonds. The number of ketones is 1. The van der Waals surface area contributed by atoms with Crippen molar-refractivity contribution in [1.82, 2.24) is 9.99 Å². The van der Waals surface area contributed by atoms with E-state index in [1.165, 1.54) is 4.90 Å². The molecule has 254 valence electrons. The van der Waals surface area contributed by atoms with Crippen molar-refractivity contribution < 1.29 is 42.4 Å². The molecule has 46 heavy (non-hydrogen) atoms. The maximum absolute atomic E-state index is 13.3. The van der Waals surface area contributed by atoms with E-state index >= 15 is 0 Å². The summed E-state index contributed by atoms with van der Waals surface area (Å²) < 4.78 is 30.4. The molecule has 11 nitrogen and oxygen atoms in total. The number of nitrogens with one attached hydrogen (secondary N) is 1. The van der Waals surface area contributed by atoms with Gasteiger partial charge < -0.3 is 23.3 Å². The summed E-state index contributed by atoms with van der Waals surface area (Å²) >= 11 is 5.89. The minimum atomic E-state index is -3.50. The van der Waals surface area contributed by atoms with E-state index in [4.69, 9.17) is 35.1 Å². The van der Waals surface area contributed by atoms with Crippen molar-refractivity contribution in [3.8, 4) is 5.75 Å². The average Bonchev–Trinajstić information content (AvgIpc) is 3.22. The Kier molecular flexibility index (Phi) is 12.9. The van der Waals surface area contributed by atoms with Crippen LogP contribution in [0.4, 0.5) is 0 Å². The molecule has 13 heteroatoms. The van der Waals surface area contributed by atoms with Gasteiger partial charge in [-0.1, -0.05) is 59.4 Å². The number of allylic oxidation sites excluding steroid dienone is 1. The molecule has 0 aliphatic carbocycles. The number of carbonyl (C=O) groups excluding carboxylic acids is 4. The quantitative estimate of drug-likeness (QED) is 0.188. The van der Waals surface area contributed by atoms with Crippen LogP contribution in [-0.2, 0) is 49.7 Å². The number of hydrogen-bond acceptors (Lipinski definition) is 10. The molecule has 2 aliphatic rings. The van der Waals surface area contributed by atoms with Crippen LogP contribution < -0.4 is 9.61 Å². The summed E-state index contributed by atoms with van der Waals surface area (Å²) in [7, 11) is 0. The summed E-state index contributed by atoms with van der Waals surface area (Å²) in [6, 6.07) is 7.88. The monoisotopic (exact) mass is 678 g/mol. The van der Waals surface area contributed by atoms with E-state index in [0.29, 0.717) is 11.3 Å². The smallest absolute Gasteiger partial charge is 0.323 e. The molecule has 3 rings (SSSR count). The Labute approximate surface area is 277 Å². The molecule has 2 unspecified atom stereocenters. The molecule has 0 radical (unpaired) electrons. The summed E-state index contributed by atoms with van der Waals surface area (Å²) in [6.07, 6.45) is 0.0212. The molecule has 1 saturated heterocycles. The molecule has 1 aromatic rings. The zero-order chi connectivity index (χ0) is 34.4. The second-order valence-corrected chi connectivity index (χ2v) is 16.0. The minimum absolute atomic E-state index is 0.0363. The highest BCUT2D eigenvalue weighted by Gasteiger charge is 2.59. The Hall–Kier alpha value is -2.89. The Morgan fingerprint density at radius 1 is 1.09 bits per heavy atom. The fourth-order valence-electron chi connectivity index (χ4n) is 5.03. The van der Waals surface area contributed by atoms with Crippen LogP contribution in [-0.4, -0.2) is 65.7 Å². The van der Waals surface area contributed by atoms with Crippen molar-refractivity contribution in [2.24, 2.45) is 17.3 Å². The number of ether oxygens (including phenoxy) is 3. The van der Waals surface area contributed by atoms with Crippen LogP contribution in [0.1, 0.15) is 68.2 Å². The van der Waals surface area contributed by atoms with E-state index < -0.39 is 54.4 Å². The fourth-order valence-corrected chi connectivity index (χ4v) is 7.45. The summed E-state index contributed by atoms with van der Waals surface area (Å²) in [4.78, 5) is 53.7. The SMILES string of the molecule is C=C1C=CN([C@@H]2O[C@H](COP(=S)(NC(C)C(=O)OC(C)C)Oc3ccccc3)[C@@H](OC(=O)C(C)C)[C@@]2(C)CC(=O)C(C)C)C(=O)C1. The van der Waals surface area contributed by atoms with Crippen molar-refractivity contribution in [2.75, 3.05) is 6.61 Å². The Morgan fingerprint density at radius 2 is 1.74 bits per heavy atom. The number of Topliss-reactive ketones (excluding diaryl/α,β-unsaturated/α-hetero) is 1. The van der Waals surface area contributed by atoms with Crippen molar-refractivity contribution in [3.63, 3.8) is 0 Å². The molecule has 2 aliphatic heterocycles. The largest absolute Gasteiger partial charge is 0.462 e. The molecular formula is C33H47N2O9PS. The topological polar surface area (TPSA) is 130 Å². The van der Waals surface area contributed by atoms with Crippen LogP contribution >= 0.6 is 6.64 Å². The van der Waals surface area contributed by atoms with E-state index in [0.717, 1.165) is 0 Å². The number of rotatable bonds is 15. The number of esters is 2. The first kappa shape index (κ1) is 37.6. The Balaban J connectivity index is 2.02. The van der Waals surface area contributed by atoms with Gasteiger partial charge in [0, 0.05) is 18.5 Å². The van der Waals surface area contributed by atoms with Gasteiger partial charge in [-0.15, -0.1) is 0 Å². The highest BCUT2D eigenvalue weighted by molar-refractivity contribution is 8.09. The summed E-state index contributed by atoms with van der Waals surface area (Å²) in [5.74, 6) is -1.78. The lowest BCUT2D eigenvalue weighted by atomic mass is 9.75. The van der Waals surface area contributed by atoms with Gasteiger partial charge in [0.2, 0.25) is 5.91 Å². The number of amides is 1. The standard InChI is InChI=1S/C33H47N2O9PS/c1-20(2)26(36)18-33(9)29(43-30(38)21(3)4)27(42-32(33)35-16-15-23(7)17-28(35)37)19-40-45(46,44-25-13-11-10-12-14-25)34-24(8)31(39)41-22(5)6/h10-16,20-22,24,27,29,32H,7,17-19H2,1-6,8-9H3,(H,34,46)/t24?,27-,29-,32-,33-,45?/m1/s1. The molecule has 0 aromatic heterocycles. The molecule has 0 saturated carbocycles. The molecule has 0 spiro atoms. The molecule has 2 heterocycles. The van der Waals surface area contributed by atoms with E-state index in [1.807, 2.05) is 6.07 Å². The van der Waals surface area contributed by atoms with Crippen LogP contribution in [0.3, 0.4) is 0 Å². The molecule has 0 bridgehead atoms. The lowest BCUT2D eigenvalue weighted by Crippen LogP contribution is -2.51. The summed E-state index contributed by atoms with van der Waals surface area (Å²) in [5.41, 5.74) is -0.528. The average molecular weight is 679 g/mol. The van der Waals surface area contributed by atoms with E-state index in [2.05, 4.69) is 11.7 Å². The van der Waals surface area contributed by atoms with Crippen molar-refractivity contribution in [1.29, 1.82) is 0 Å². The van der Waals surface area contributed by atoms with Gasteiger partial charge >= 0.3 is 18.6 Å². The van der Waals surface area contributed by atoms with Gasteiger partial charge in [-0.3, -0.25) is 24.1 Å². The van der Waals surface area contributed by atoms with Gasteiger partial charge in [0.05, 0.1) is 30.5 Å². The van der Waals surface area contributed by atoms with Crippen LogP contribution in [0.15, 0.2) is 54.8 Å². The van der Waals surface area contributed by atoms with Crippen molar-refractivity contribution in [2.45, 2.75) is 98.8 Å². The second kappa shape index (κ2) is 15.8. The van der Waals surface area contributed by atoms with Crippen LogP contribution in [0.25, 0.3) is 0 Å². The molecule has 1 aromatic carbocycles. The predicted molar refractivity (Wildman–Crippen MR) is 177 cm³/mol. The van der Waals surface area contributed by atoms with Gasteiger partial charge in [0.25, 0.3) is 0 Å². The summed E-state index contributed by atoms with van der Waals surface area (Å²) in [5, 5.41) is 3.00. The van der Waals surface area contributed by atoms with Gasteiger partial charge in [-0.2, -0.15) is 0 Å². The van der Waals surface area contributed by atoms with Gasteiger partial charge in [-0.05, 0) is 56.4 Å². The first-order chi connectivity index (χ1) is 21.5. The fraction of sp³-hybridized carbons (Fsp3) is 0.576. The minimum Gasteiger partial charge on any atom is -0.462 e. The van der Waals surface area contributed by atoms with Crippen molar-refractivity contribution >= 4 is 42.1 Å². The maximum atomic E-state index is 13.3. The highest BCUT2D eigenvalue weighted by atomic mass is 32.5. The molecule has 1 fully saturated rings. The number of para-hydroxylation sites is 1. The zero-order valence-corrected chi connectivity index (χ0v) is 29.6. The zero-order valence-electron chi connectivity index (χ0n) is 27.9. The molecular weight excluding hydrogens is 631 g/mol. The van der Waals surface area contributed by atoms with E-state index in [1.54, 1.807) is 91.9 Å². The Morgan fingerprint density at radius 3 is 2.30 bits per heavy atom. The van der Waals surface area contributed by atoms with Crippen LogP contribution in [0.2, 0.25) is 0 Å². The third-order valence-electron chi connectivity index (χ3n) is 7.59. The third-order valence-corrected chi connectivity index (χ3v) is 10.1. The number of hydrogen-bond donors (Lipinski definition) is 1. The molecule has 1 N–H and O–H groups in total. The normalized spacial score (nSPS) is 25.1.